The number of carbonyl (C=O) groups is 2. The van der Waals surface area contributed by atoms with Gasteiger partial charge in [-0.05, 0) is 63.7 Å². The zero-order valence-electron chi connectivity index (χ0n) is 17.8. The fourth-order valence-electron chi connectivity index (χ4n) is 4.67. The van der Waals surface area contributed by atoms with Gasteiger partial charge in [0.1, 0.15) is 11.9 Å². The molecule has 1 aliphatic carbocycles. The van der Waals surface area contributed by atoms with E-state index in [0.29, 0.717) is 22.9 Å². The number of hydrogen-bond acceptors (Lipinski definition) is 3. The highest BCUT2D eigenvalue weighted by atomic mass is 35.5. The third-order valence-corrected chi connectivity index (χ3v) is 6.68. The molecule has 0 radical (unpaired) electrons. The van der Waals surface area contributed by atoms with Crippen molar-refractivity contribution in [1.29, 1.82) is 0 Å². The molecule has 2 atom stereocenters. The van der Waals surface area contributed by atoms with E-state index >= 15 is 0 Å². The van der Waals surface area contributed by atoms with Crippen molar-refractivity contribution < 1.29 is 14.0 Å². The standard InChI is InChI=1S/C23H33ClFN3O2/c1-16(27-21(29)14-17-8-3-2-4-9-17)23(30)26-15-20(28-12-5-6-13-28)22-18(24)10-7-11-19(22)25/h7,10-11,16-17,20H,2-6,8-9,12-15H2,1H3,(H,26,30)(H,27,29). The Bertz CT molecular complexity index is 713. The van der Waals surface area contributed by atoms with E-state index in [1.807, 2.05) is 0 Å². The quantitative estimate of drug-likeness (QED) is 0.640. The number of nitrogens with zero attached hydrogens (tertiary/aromatic N) is 1. The Morgan fingerprint density at radius 2 is 1.87 bits per heavy atom. The van der Waals surface area contributed by atoms with Crippen LogP contribution in [0.25, 0.3) is 0 Å². The average Bonchev–Trinajstić information content (AvgIpc) is 3.25. The van der Waals surface area contributed by atoms with Gasteiger partial charge in [0.15, 0.2) is 0 Å². The molecule has 5 nitrogen and oxygen atoms in total. The van der Waals surface area contributed by atoms with E-state index in [0.717, 1.165) is 38.8 Å². The summed E-state index contributed by atoms with van der Waals surface area (Å²) in [5.74, 6) is -0.263. The first kappa shape index (κ1) is 23.0. The zero-order chi connectivity index (χ0) is 21.5. The molecule has 3 rings (SSSR count). The van der Waals surface area contributed by atoms with Crippen molar-refractivity contribution in [2.75, 3.05) is 19.6 Å². The van der Waals surface area contributed by atoms with Crippen LogP contribution in [-0.4, -0.2) is 42.4 Å². The molecule has 0 spiro atoms. The number of carbonyl (C=O) groups excluding carboxylic acids is 2. The molecule has 166 valence electrons. The number of halogens is 2. The summed E-state index contributed by atoms with van der Waals surface area (Å²) >= 11 is 6.31. The van der Waals surface area contributed by atoms with Gasteiger partial charge in [0.05, 0.1) is 6.04 Å². The molecule has 1 saturated carbocycles. The first-order valence-electron chi connectivity index (χ1n) is 11.2. The van der Waals surface area contributed by atoms with Crippen molar-refractivity contribution in [3.05, 3.63) is 34.6 Å². The van der Waals surface area contributed by atoms with Crippen molar-refractivity contribution in [3.63, 3.8) is 0 Å². The van der Waals surface area contributed by atoms with Crippen LogP contribution in [0.3, 0.4) is 0 Å². The summed E-state index contributed by atoms with van der Waals surface area (Å²) in [6.07, 6.45) is 8.38. The van der Waals surface area contributed by atoms with Crippen molar-refractivity contribution in [2.24, 2.45) is 5.92 Å². The van der Waals surface area contributed by atoms with Gasteiger partial charge in [-0.2, -0.15) is 0 Å². The molecular weight excluding hydrogens is 405 g/mol. The summed E-state index contributed by atoms with van der Waals surface area (Å²) < 4.78 is 14.6. The summed E-state index contributed by atoms with van der Waals surface area (Å²) in [5.41, 5.74) is 0.426. The maximum atomic E-state index is 14.6. The first-order valence-corrected chi connectivity index (χ1v) is 11.6. The Labute approximate surface area is 183 Å². The number of amides is 2. The summed E-state index contributed by atoms with van der Waals surface area (Å²) in [6.45, 7) is 3.63. The largest absolute Gasteiger partial charge is 0.352 e. The third kappa shape index (κ3) is 6.17. The number of nitrogens with one attached hydrogen (secondary N) is 2. The summed E-state index contributed by atoms with van der Waals surface area (Å²) in [5, 5.41) is 6.09. The van der Waals surface area contributed by atoms with Crippen LogP contribution in [-0.2, 0) is 9.59 Å². The number of rotatable bonds is 8. The minimum Gasteiger partial charge on any atom is -0.352 e. The molecule has 0 bridgehead atoms. The third-order valence-electron chi connectivity index (χ3n) is 6.35. The molecule has 2 aliphatic rings. The van der Waals surface area contributed by atoms with E-state index in [1.165, 1.54) is 25.3 Å². The molecule has 30 heavy (non-hydrogen) atoms. The minimum absolute atomic E-state index is 0.0715. The zero-order valence-corrected chi connectivity index (χ0v) is 18.5. The predicted molar refractivity (Wildman–Crippen MR) is 117 cm³/mol. The van der Waals surface area contributed by atoms with Crippen LogP contribution in [0, 0.1) is 11.7 Å². The molecular formula is C23H33ClFN3O2. The highest BCUT2D eigenvalue weighted by Gasteiger charge is 2.29. The highest BCUT2D eigenvalue weighted by Crippen LogP contribution is 2.32. The van der Waals surface area contributed by atoms with Gasteiger partial charge >= 0.3 is 0 Å². The molecule has 7 heteroatoms. The van der Waals surface area contributed by atoms with Crippen molar-refractivity contribution in [3.8, 4) is 0 Å². The van der Waals surface area contributed by atoms with Crippen LogP contribution in [0.15, 0.2) is 18.2 Å². The number of likely N-dealkylation sites (tertiary alicyclic amines) is 1. The van der Waals surface area contributed by atoms with Crippen molar-refractivity contribution in [1.82, 2.24) is 15.5 Å². The molecule has 2 amide bonds. The van der Waals surface area contributed by atoms with Crippen LogP contribution >= 0.6 is 11.6 Å². The Hall–Kier alpha value is -1.66. The second-order valence-electron chi connectivity index (χ2n) is 8.64. The lowest BCUT2D eigenvalue weighted by atomic mass is 9.87. The monoisotopic (exact) mass is 437 g/mol. The smallest absolute Gasteiger partial charge is 0.242 e. The van der Waals surface area contributed by atoms with Crippen molar-refractivity contribution in [2.45, 2.75) is 70.4 Å². The molecule has 1 aromatic rings. The van der Waals surface area contributed by atoms with E-state index in [2.05, 4.69) is 15.5 Å². The normalized spacial score (nSPS) is 20.0. The second-order valence-corrected chi connectivity index (χ2v) is 9.04. The van der Waals surface area contributed by atoms with E-state index in [9.17, 15) is 14.0 Å². The van der Waals surface area contributed by atoms with Crippen LogP contribution in [0.4, 0.5) is 4.39 Å². The van der Waals surface area contributed by atoms with Crippen LogP contribution in [0.5, 0.6) is 0 Å². The molecule has 1 aromatic carbocycles. The summed E-state index contributed by atoms with van der Waals surface area (Å²) in [4.78, 5) is 27.1. The molecule has 2 unspecified atom stereocenters. The Morgan fingerprint density at radius 1 is 1.17 bits per heavy atom. The lowest BCUT2D eigenvalue weighted by Crippen LogP contribution is -2.47. The lowest BCUT2D eigenvalue weighted by molar-refractivity contribution is -0.129. The van der Waals surface area contributed by atoms with Gasteiger partial charge in [-0.3, -0.25) is 14.5 Å². The average molecular weight is 438 g/mol. The fraction of sp³-hybridized carbons (Fsp3) is 0.652. The lowest BCUT2D eigenvalue weighted by Gasteiger charge is -2.29. The van der Waals surface area contributed by atoms with E-state index in [4.69, 9.17) is 11.6 Å². The highest BCUT2D eigenvalue weighted by molar-refractivity contribution is 6.31. The number of benzene rings is 1. The van der Waals surface area contributed by atoms with Gasteiger partial charge in [-0.15, -0.1) is 0 Å². The topological polar surface area (TPSA) is 61.4 Å². The molecule has 2 N–H and O–H groups in total. The van der Waals surface area contributed by atoms with Crippen LogP contribution in [0.1, 0.15) is 69.9 Å². The summed E-state index contributed by atoms with van der Waals surface area (Å²) in [6, 6.07) is 3.72. The van der Waals surface area contributed by atoms with Gasteiger partial charge in [0.25, 0.3) is 0 Å². The molecule has 0 aromatic heterocycles. The van der Waals surface area contributed by atoms with Gasteiger partial charge in [-0.25, -0.2) is 4.39 Å². The number of hydrogen-bond donors (Lipinski definition) is 2. The van der Waals surface area contributed by atoms with Crippen molar-refractivity contribution >= 4 is 23.4 Å². The van der Waals surface area contributed by atoms with Gasteiger partial charge in [-0.1, -0.05) is 36.9 Å². The SMILES string of the molecule is CC(NC(=O)CC1CCCCC1)C(=O)NCC(c1c(F)cccc1Cl)N1CCCC1. The van der Waals surface area contributed by atoms with Gasteiger partial charge in [0, 0.05) is 23.6 Å². The second kappa shape index (κ2) is 11.1. The Kier molecular flexibility index (Phi) is 8.51. The molecule has 1 aliphatic heterocycles. The van der Waals surface area contributed by atoms with Gasteiger partial charge in [0.2, 0.25) is 11.8 Å². The maximum absolute atomic E-state index is 14.6. The first-order chi connectivity index (χ1) is 14.5. The van der Waals surface area contributed by atoms with Gasteiger partial charge < -0.3 is 10.6 Å². The van der Waals surface area contributed by atoms with E-state index in [-0.39, 0.29) is 30.2 Å². The molecule has 2 fully saturated rings. The Morgan fingerprint density at radius 3 is 2.53 bits per heavy atom. The Balaban J connectivity index is 1.56. The minimum atomic E-state index is -0.628. The van der Waals surface area contributed by atoms with Crippen LogP contribution < -0.4 is 10.6 Å². The van der Waals surface area contributed by atoms with Crippen LogP contribution in [0.2, 0.25) is 5.02 Å². The van der Waals surface area contributed by atoms with E-state index in [1.54, 1.807) is 19.1 Å². The summed E-state index contributed by atoms with van der Waals surface area (Å²) in [7, 11) is 0. The molecule has 1 heterocycles. The van der Waals surface area contributed by atoms with E-state index < -0.39 is 6.04 Å². The predicted octanol–water partition coefficient (Wildman–Crippen LogP) is 4.21. The molecule has 1 saturated heterocycles. The maximum Gasteiger partial charge on any atom is 0.242 e. The fourth-order valence-corrected chi connectivity index (χ4v) is 4.95.